The van der Waals surface area contributed by atoms with Crippen LogP contribution >= 0.6 is 0 Å². The fourth-order valence-corrected chi connectivity index (χ4v) is 2.12. The average molecular weight is 478 g/mol. The van der Waals surface area contributed by atoms with Crippen molar-refractivity contribution in [3.63, 3.8) is 0 Å². The molecule has 10 heteroatoms. The maximum Gasteiger partial charge on any atom is 0.338 e. The third-order valence-corrected chi connectivity index (χ3v) is 3.81. The number of benzene rings is 2. The summed E-state index contributed by atoms with van der Waals surface area (Å²) in [6.07, 6.45) is 0.784. The van der Waals surface area contributed by atoms with Gasteiger partial charge in [0.2, 0.25) is 0 Å². The summed E-state index contributed by atoms with van der Waals surface area (Å²) in [7, 11) is 3.92. The highest BCUT2D eigenvalue weighted by Crippen LogP contribution is 2.08. The topological polar surface area (TPSA) is 146 Å². The minimum Gasteiger partial charge on any atom is -0.465 e. The van der Waals surface area contributed by atoms with Crippen molar-refractivity contribution in [2.45, 2.75) is 13.3 Å². The molecular formula is C24H30O10. The largest absolute Gasteiger partial charge is 0.465 e. The molecule has 186 valence electrons. The fourth-order valence-electron chi connectivity index (χ4n) is 2.12. The van der Waals surface area contributed by atoms with E-state index in [1.165, 1.54) is 57.7 Å². The van der Waals surface area contributed by atoms with Crippen molar-refractivity contribution in [2.24, 2.45) is 0 Å². The highest BCUT2D eigenvalue weighted by molar-refractivity contribution is 5.94. The van der Waals surface area contributed by atoms with Crippen molar-refractivity contribution in [3.05, 3.63) is 70.8 Å². The summed E-state index contributed by atoms with van der Waals surface area (Å²) in [5.41, 5.74) is 1.65. The number of aliphatic hydroxyl groups is 2. The van der Waals surface area contributed by atoms with Gasteiger partial charge in [0.15, 0.2) is 0 Å². The molecule has 2 aromatic carbocycles. The van der Waals surface area contributed by atoms with E-state index in [0.29, 0.717) is 28.9 Å². The van der Waals surface area contributed by atoms with Crippen LogP contribution in [0.4, 0.5) is 0 Å². The third kappa shape index (κ3) is 11.2. The van der Waals surface area contributed by atoms with Gasteiger partial charge in [0.25, 0.3) is 0 Å². The highest BCUT2D eigenvalue weighted by Gasteiger charge is 2.10. The number of hydrogen-bond acceptors (Lipinski definition) is 10. The third-order valence-electron chi connectivity index (χ3n) is 3.81. The summed E-state index contributed by atoms with van der Waals surface area (Å²) in [6, 6.07) is 12.2. The van der Waals surface area contributed by atoms with Crippen LogP contribution in [0.2, 0.25) is 0 Å². The molecule has 0 fully saturated rings. The zero-order chi connectivity index (χ0) is 25.9. The first-order chi connectivity index (χ1) is 16.3. The highest BCUT2D eigenvalue weighted by atomic mass is 16.5. The van der Waals surface area contributed by atoms with E-state index in [4.69, 9.17) is 14.9 Å². The Morgan fingerprint density at radius 2 is 0.853 bits per heavy atom. The van der Waals surface area contributed by atoms with Gasteiger partial charge < -0.3 is 29.2 Å². The van der Waals surface area contributed by atoms with Crippen LogP contribution in [0.3, 0.4) is 0 Å². The smallest absolute Gasteiger partial charge is 0.338 e. The number of hydrogen-bond donors (Lipinski definition) is 2. The average Bonchev–Trinajstić information content (AvgIpc) is 2.90. The molecule has 2 rings (SSSR count). The monoisotopic (exact) mass is 478 g/mol. The quantitative estimate of drug-likeness (QED) is 0.449. The van der Waals surface area contributed by atoms with Crippen molar-refractivity contribution in [3.8, 4) is 0 Å². The molecule has 0 bridgehead atoms. The van der Waals surface area contributed by atoms with E-state index in [9.17, 15) is 19.2 Å². The zero-order valence-electron chi connectivity index (χ0n) is 19.6. The van der Waals surface area contributed by atoms with Crippen LogP contribution in [0.15, 0.2) is 48.5 Å². The SMILES string of the molecule is CCCOC(=O)c1ccc(C(=O)OC)cc1.COC(=O)c1ccc(C(=O)OC)cc1.OCCO. The molecule has 0 heterocycles. The van der Waals surface area contributed by atoms with Crippen LogP contribution < -0.4 is 0 Å². The molecule has 34 heavy (non-hydrogen) atoms. The molecule has 0 amide bonds. The lowest BCUT2D eigenvalue weighted by Gasteiger charge is -2.03. The first kappa shape index (κ1) is 30.2. The Kier molecular flexibility index (Phi) is 15.8. The molecule has 0 aromatic heterocycles. The molecule has 0 aliphatic rings. The molecule has 0 saturated carbocycles. The lowest BCUT2D eigenvalue weighted by Crippen LogP contribution is -2.07. The van der Waals surface area contributed by atoms with Gasteiger partial charge in [-0.15, -0.1) is 0 Å². The fraction of sp³-hybridized carbons (Fsp3) is 0.333. The molecule has 0 radical (unpaired) electrons. The number of aliphatic hydroxyl groups excluding tert-OH is 2. The molecule has 2 aromatic rings. The first-order valence-electron chi connectivity index (χ1n) is 10.1. The maximum atomic E-state index is 11.4. The molecule has 0 spiro atoms. The lowest BCUT2D eigenvalue weighted by atomic mass is 10.1. The van der Waals surface area contributed by atoms with Gasteiger partial charge in [0.05, 0.1) is 63.4 Å². The van der Waals surface area contributed by atoms with Crippen LogP contribution in [-0.2, 0) is 18.9 Å². The summed E-state index contributed by atoms with van der Waals surface area (Å²) in [4.78, 5) is 44.6. The molecule has 10 nitrogen and oxygen atoms in total. The predicted octanol–water partition coefficient (Wildman–Crippen LogP) is 2.27. The van der Waals surface area contributed by atoms with E-state index in [1.54, 1.807) is 12.1 Å². The Morgan fingerprint density at radius 1 is 0.588 bits per heavy atom. The van der Waals surface area contributed by atoms with E-state index in [0.717, 1.165) is 6.42 Å². The van der Waals surface area contributed by atoms with Gasteiger partial charge in [-0.1, -0.05) is 6.92 Å². The van der Waals surface area contributed by atoms with Gasteiger partial charge in [-0.3, -0.25) is 0 Å². The van der Waals surface area contributed by atoms with Gasteiger partial charge in [-0.25, -0.2) is 19.2 Å². The van der Waals surface area contributed by atoms with E-state index in [2.05, 4.69) is 14.2 Å². The lowest BCUT2D eigenvalue weighted by molar-refractivity contribution is 0.0502. The Morgan fingerprint density at radius 3 is 1.06 bits per heavy atom. The van der Waals surface area contributed by atoms with Gasteiger partial charge in [0, 0.05) is 0 Å². The van der Waals surface area contributed by atoms with Gasteiger partial charge in [0.1, 0.15) is 0 Å². The van der Waals surface area contributed by atoms with E-state index in [-0.39, 0.29) is 19.2 Å². The second-order valence-electron chi connectivity index (χ2n) is 6.21. The summed E-state index contributed by atoms with van der Waals surface area (Å²) in [5, 5.41) is 15.2. The number of ether oxygens (including phenoxy) is 4. The van der Waals surface area contributed by atoms with E-state index in [1.807, 2.05) is 6.92 Å². The number of rotatable bonds is 7. The Labute approximate surface area is 198 Å². The molecule has 0 unspecified atom stereocenters. The molecule has 0 aliphatic carbocycles. The minimum atomic E-state index is -0.429. The van der Waals surface area contributed by atoms with Crippen LogP contribution in [-0.4, -0.2) is 75.2 Å². The standard InChI is InChI=1S/C12H14O4.C10H10O4.C2H6O2/c1-3-8-16-12(14)10-6-4-9(5-7-10)11(13)15-2;1-13-9(11)7-3-5-8(6-4-7)10(12)14-2;3-1-2-4/h4-7H,3,8H2,1-2H3;3-6H,1-2H3;3-4H,1-2H2. The number of methoxy groups -OCH3 is 3. The summed E-state index contributed by atoms with van der Waals surface area (Å²) < 4.78 is 18.5. The number of esters is 4. The van der Waals surface area contributed by atoms with Crippen molar-refractivity contribution < 1.29 is 48.3 Å². The zero-order valence-corrected chi connectivity index (χ0v) is 19.6. The first-order valence-corrected chi connectivity index (χ1v) is 10.1. The van der Waals surface area contributed by atoms with Crippen LogP contribution in [0.25, 0.3) is 0 Å². The van der Waals surface area contributed by atoms with Crippen molar-refractivity contribution >= 4 is 23.9 Å². The summed E-state index contributed by atoms with van der Waals surface area (Å²) >= 11 is 0. The predicted molar refractivity (Wildman–Crippen MR) is 122 cm³/mol. The van der Waals surface area contributed by atoms with Crippen LogP contribution in [0.5, 0.6) is 0 Å². The molecule has 0 saturated heterocycles. The number of carbonyl (C=O) groups excluding carboxylic acids is 4. The van der Waals surface area contributed by atoms with Crippen molar-refractivity contribution in [1.29, 1.82) is 0 Å². The van der Waals surface area contributed by atoms with Gasteiger partial charge in [-0.2, -0.15) is 0 Å². The van der Waals surface area contributed by atoms with E-state index < -0.39 is 17.9 Å². The molecule has 2 N–H and O–H groups in total. The van der Waals surface area contributed by atoms with Crippen LogP contribution in [0, 0.1) is 0 Å². The summed E-state index contributed by atoms with van der Waals surface area (Å²) in [6.45, 7) is 2.07. The normalized spacial score (nSPS) is 9.24. The van der Waals surface area contributed by atoms with Crippen LogP contribution in [0.1, 0.15) is 54.8 Å². The Balaban J connectivity index is 0.000000557. The molecule has 0 atom stereocenters. The Hall–Kier alpha value is -3.76. The molecular weight excluding hydrogens is 448 g/mol. The van der Waals surface area contributed by atoms with Crippen molar-refractivity contribution in [2.75, 3.05) is 41.2 Å². The second-order valence-corrected chi connectivity index (χ2v) is 6.21. The van der Waals surface area contributed by atoms with Gasteiger partial charge >= 0.3 is 23.9 Å². The molecule has 0 aliphatic heterocycles. The Bertz CT molecular complexity index is 852. The minimum absolute atomic E-state index is 0.125. The second kappa shape index (κ2) is 17.8. The number of carbonyl (C=O) groups is 4. The van der Waals surface area contributed by atoms with E-state index >= 15 is 0 Å². The van der Waals surface area contributed by atoms with Gasteiger partial charge in [-0.05, 0) is 55.0 Å². The maximum absolute atomic E-state index is 11.4. The summed E-state index contributed by atoms with van der Waals surface area (Å²) in [5.74, 6) is -1.66. The van der Waals surface area contributed by atoms with Crippen molar-refractivity contribution in [1.82, 2.24) is 0 Å².